The molecule has 0 radical (unpaired) electrons. The molecule has 2 aromatic heterocycles. The summed E-state index contributed by atoms with van der Waals surface area (Å²) >= 11 is 0. The van der Waals surface area contributed by atoms with Gasteiger partial charge in [-0.25, -0.2) is 4.68 Å². The Labute approximate surface area is 69.2 Å². The van der Waals surface area contributed by atoms with Crippen molar-refractivity contribution in [3.63, 3.8) is 0 Å². The summed E-state index contributed by atoms with van der Waals surface area (Å²) in [6.45, 7) is 0.421. The van der Waals surface area contributed by atoms with Gasteiger partial charge in [0.2, 0.25) is 0 Å². The van der Waals surface area contributed by atoms with Gasteiger partial charge in [-0.15, -0.1) is 5.10 Å². The standard InChI is InChI=1S/C7H9N5/c8-3-6-5-12(11-10-6)7-1-2-9-4-7/h1-2,4-5,9H,3,8H2. The van der Waals surface area contributed by atoms with Crippen molar-refractivity contribution in [2.45, 2.75) is 6.54 Å². The van der Waals surface area contributed by atoms with Crippen LogP contribution in [0.5, 0.6) is 0 Å². The zero-order valence-corrected chi connectivity index (χ0v) is 6.44. The van der Waals surface area contributed by atoms with Crippen LogP contribution in [0.3, 0.4) is 0 Å². The van der Waals surface area contributed by atoms with E-state index >= 15 is 0 Å². The molecule has 0 aromatic carbocycles. The van der Waals surface area contributed by atoms with Gasteiger partial charge < -0.3 is 10.7 Å². The third-order valence-corrected chi connectivity index (χ3v) is 1.60. The van der Waals surface area contributed by atoms with Gasteiger partial charge in [-0.3, -0.25) is 0 Å². The van der Waals surface area contributed by atoms with E-state index in [9.17, 15) is 0 Å². The normalized spacial score (nSPS) is 10.4. The van der Waals surface area contributed by atoms with Crippen molar-refractivity contribution >= 4 is 0 Å². The monoisotopic (exact) mass is 163 g/mol. The van der Waals surface area contributed by atoms with E-state index in [1.165, 1.54) is 0 Å². The van der Waals surface area contributed by atoms with E-state index in [0.29, 0.717) is 6.54 Å². The van der Waals surface area contributed by atoms with Crippen molar-refractivity contribution < 1.29 is 0 Å². The van der Waals surface area contributed by atoms with Gasteiger partial charge in [0.05, 0.1) is 17.6 Å². The molecule has 0 fully saturated rings. The molecule has 0 atom stereocenters. The molecular weight excluding hydrogens is 154 g/mol. The molecule has 5 nitrogen and oxygen atoms in total. The molecule has 2 rings (SSSR count). The zero-order chi connectivity index (χ0) is 8.39. The average molecular weight is 163 g/mol. The summed E-state index contributed by atoms with van der Waals surface area (Å²) in [6.07, 6.45) is 5.48. The van der Waals surface area contributed by atoms with Crippen molar-refractivity contribution in [3.05, 3.63) is 30.4 Å². The van der Waals surface area contributed by atoms with Crippen LogP contribution < -0.4 is 5.73 Å². The molecule has 0 aliphatic rings. The Morgan fingerprint density at radius 2 is 2.50 bits per heavy atom. The predicted molar refractivity (Wildman–Crippen MR) is 43.6 cm³/mol. The molecule has 0 bridgehead atoms. The van der Waals surface area contributed by atoms with Gasteiger partial charge in [-0.05, 0) is 6.07 Å². The first-order chi connectivity index (χ1) is 5.90. The zero-order valence-electron chi connectivity index (χ0n) is 6.44. The van der Waals surface area contributed by atoms with Crippen LogP contribution in [0.4, 0.5) is 0 Å². The third kappa shape index (κ3) is 1.10. The smallest absolute Gasteiger partial charge is 0.0967 e. The number of nitrogens with two attached hydrogens (primary N) is 1. The number of aromatic nitrogens is 4. The van der Waals surface area contributed by atoms with Crippen LogP contribution >= 0.6 is 0 Å². The molecule has 0 spiro atoms. The molecule has 0 aliphatic carbocycles. The van der Waals surface area contributed by atoms with Gasteiger partial charge in [0.25, 0.3) is 0 Å². The van der Waals surface area contributed by atoms with Crippen molar-refractivity contribution in [3.8, 4) is 5.69 Å². The molecule has 2 heterocycles. The fraction of sp³-hybridized carbons (Fsp3) is 0.143. The fourth-order valence-corrected chi connectivity index (χ4v) is 0.976. The lowest BCUT2D eigenvalue weighted by atomic mass is 10.5. The summed E-state index contributed by atoms with van der Waals surface area (Å²) in [7, 11) is 0. The molecular formula is C7H9N5. The summed E-state index contributed by atoms with van der Waals surface area (Å²) in [4.78, 5) is 2.94. The summed E-state index contributed by atoms with van der Waals surface area (Å²) in [5.41, 5.74) is 7.14. The lowest BCUT2D eigenvalue weighted by Gasteiger charge is -1.90. The SMILES string of the molecule is NCc1cn(-c2cc[nH]c2)nn1. The fourth-order valence-electron chi connectivity index (χ4n) is 0.976. The summed E-state index contributed by atoms with van der Waals surface area (Å²) in [5.74, 6) is 0. The van der Waals surface area contributed by atoms with E-state index in [4.69, 9.17) is 5.73 Å². The molecule has 5 heteroatoms. The lowest BCUT2D eigenvalue weighted by Crippen LogP contribution is -1.95. The van der Waals surface area contributed by atoms with E-state index < -0.39 is 0 Å². The summed E-state index contributed by atoms with van der Waals surface area (Å²) < 4.78 is 1.68. The van der Waals surface area contributed by atoms with Crippen molar-refractivity contribution in [1.29, 1.82) is 0 Å². The Hall–Kier alpha value is -1.62. The number of hydrogen-bond donors (Lipinski definition) is 2. The lowest BCUT2D eigenvalue weighted by molar-refractivity contribution is 0.797. The molecule has 3 N–H and O–H groups in total. The Balaban J connectivity index is 2.35. The number of aromatic amines is 1. The van der Waals surface area contributed by atoms with E-state index in [1.807, 2.05) is 24.7 Å². The second kappa shape index (κ2) is 2.78. The van der Waals surface area contributed by atoms with Crippen LogP contribution in [0.25, 0.3) is 5.69 Å². The van der Waals surface area contributed by atoms with Gasteiger partial charge in [0, 0.05) is 18.9 Å². The number of rotatable bonds is 2. The van der Waals surface area contributed by atoms with E-state index in [1.54, 1.807) is 4.68 Å². The molecule has 0 unspecified atom stereocenters. The molecule has 0 saturated carbocycles. The van der Waals surface area contributed by atoms with Gasteiger partial charge >= 0.3 is 0 Å². The topological polar surface area (TPSA) is 72.5 Å². The van der Waals surface area contributed by atoms with Gasteiger partial charge in [-0.2, -0.15) is 0 Å². The highest BCUT2D eigenvalue weighted by Gasteiger charge is 1.99. The quantitative estimate of drug-likeness (QED) is 0.657. The maximum absolute atomic E-state index is 5.39. The van der Waals surface area contributed by atoms with Crippen LogP contribution in [0.1, 0.15) is 5.69 Å². The molecule has 2 aromatic rings. The molecule has 0 aliphatic heterocycles. The summed E-state index contributed by atoms with van der Waals surface area (Å²) in [5, 5.41) is 7.76. The van der Waals surface area contributed by atoms with Crippen molar-refractivity contribution in [2.24, 2.45) is 5.73 Å². The van der Waals surface area contributed by atoms with Crippen LogP contribution in [0, 0.1) is 0 Å². The highest BCUT2D eigenvalue weighted by atomic mass is 15.4. The third-order valence-electron chi connectivity index (χ3n) is 1.60. The van der Waals surface area contributed by atoms with Gasteiger partial charge in [-0.1, -0.05) is 5.21 Å². The van der Waals surface area contributed by atoms with Crippen LogP contribution in [0.15, 0.2) is 24.7 Å². The van der Waals surface area contributed by atoms with Crippen LogP contribution in [-0.4, -0.2) is 20.0 Å². The Morgan fingerprint density at radius 1 is 1.58 bits per heavy atom. The average Bonchev–Trinajstić information content (AvgIpc) is 2.75. The maximum Gasteiger partial charge on any atom is 0.0967 e. The number of hydrogen-bond acceptors (Lipinski definition) is 3. The second-order valence-corrected chi connectivity index (χ2v) is 2.43. The maximum atomic E-state index is 5.39. The Morgan fingerprint density at radius 3 is 3.08 bits per heavy atom. The predicted octanol–water partition coefficient (Wildman–Crippen LogP) is 0.0541. The minimum Gasteiger partial charge on any atom is -0.366 e. The first-order valence-corrected chi connectivity index (χ1v) is 3.64. The van der Waals surface area contributed by atoms with Crippen molar-refractivity contribution in [1.82, 2.24) is 20.0 Å². The summed E-state index contributed by atoms with van der Waals surface area (Å²) in [6, 6.07) is 1.91. The second-order valence-electron chi connectivity index (χ2n) is 2.43. The van der Waals surface area contributed by atoms with E-state index in [0.717, 1.165) is 11.4 Å². The molecule has 12 heavy (non-hydrogen) atoms. The van der Waals surface area contributed by atoms with Gasteiger partial charge in [0.15, 0.2) is 0 Å². The van der Waals surface area contributed by atoms with E-state index in [-0.39, 0.29) is 0 Å². The van der Waals surface area contributed by atoms with Crippen LogP contribution in [0.2, 0.25) is 0 Å². The number of nitrogens with zero attached hydrogens (tertiary/aromatic N) is 3. The first-order valence-electron chi connectivity index (χ1n) is 3.64. The number of H-pyrrole nitrogens is 1. The molecule has 62 valence electrons. The van der Waals surface area contributed by atoms with Gasteiger partial charge in [0.1, 0.15) is 0 Å². The highest BCUT2D eigenvalue weighted by molar-refractivity contribution is 5.26. The largest absolute Gasteiger partial charge is 0.366 e. The van der Waals surface area contributed by atoms with Crippen molar-refractivity contribution in [2.75, 3.05) is 0 Å². The first kappa shape index (κ1) is 7.05. The molecule has 0 saturated heterocycles. The Bertz CT molecular complexity index is 348. The number of nitrogens with one attached hydrogen (secondary N) is 1. The van der Waals surface area contributed by atoms with Crippen LogP contribution in [-0.2, 0) is 6.54 Å². The highest BCUT2D eigenvalue weighted by Crippen LogP contribution is 2.03. The van der Waals surface area contributed by atoms with E-state index in [2.05, 4.69) is 15.3 Å². The minimum atomic E-state index is 0.421. The molecule has 0 amide bonds. The minimum absolute atomic E-state index is 0.421. The Kier molecular flexibility index (Phi) is 1.64.